The van der Waals surface area contributed by atoms with E-state index >= 15 is 0 Å². The molecule has 0 fully saturated rings. The normalized spacial score (nSPS) is 10.9. The number of fused-ring (bicyclic) bond motifs is 1. The van der Waals surface area contributed by atoms with Crippen LogP contribution in [0.5, 0.6) is 0 Å². The second-order valence-electron chi connectivity index (χ2n) is 6.47. The van der Waals surface area contributed by atoms with Crippen LogP contribution in [0.25, 0.3) is 16.8 Å². The van der Waals surface area contributed by atoms with E-state index in [9.17, 15) is 9.59 Å². The second-order valence-corrected chi connectivity index (χ2v) is 6.88. The Hall–Kier alpha value is -3.38. The van der Waals surface area contributed by atoms with Gasteiger partial charge in [0, 0.05) is 28.7 Å². The highest BCUT2D eigenvalue weighted by molar-refractivity contribution is 6.31. The zero-order valence-corrected chi connectivity index (χ0v) is 15.8. The van der Waals surface area contributed by atoms with Gasteiger partial charge in [-0.15, -0.1) is 0 Å². The first-order valence-electron chi connectivity index (χ1n) is 8.71. The molecule has 0 aliphatic heterocycles. The van der Waals surface area contributed by atoms with E-state index in [4.69, 9.17) is 11.6 Å². The Kier molecular flexibility index (Phi) is 4.71. The predicted octanol–water partition coefficient (Wildman–Crippen LogP) is 3.76. The Morgan fingerprint density at radius 1 is 1.11 bits per heavy atom. The summed E-state index contributed by atoms with van der Waals surface area (Å²) in [5.74, 6) is -0.311. The molecule has 0 aliphatic rings. The number of aromatic nitrogens is 3. The number of hydrogen-bond acceptors (Lipinski definition) is 3. The molecule has 2 heterocycles. The number of carbonyl (C=O) groups is 1. The van der Waals surface area contributed by atoms with Gasteiger partial charge in [-0.2, -0.15) is 5.10 Å². The van der Waals surface area contributed by atoms with E-state index in [-0.39, 0.29) is 18.0 Å². The molecule has 140 valence electrons. The molecule has 0 unspecified atom stereocenters. The number of hydrogen-bond donors (Lipinski definition) is 1. The van der Waals surface area contributed by atoms with Crippen LogP contribution in [0.1, 0.15) is 5.56 Å². The monoisotopic (exact) mass is 392 g/mol. The molecular formula is C21H17ClN4O2. The van der Waals surface area contributed by atoms with Crippen LogP contribution in [0.4, 0.5) is 5.69 Å². The summed E-state index contributed by atoms with van der Waals surface area (Å²) in [4.78, 5) is 25.1. The molecule has 1 N–H and O–H groups in total. The fourth-order valence-corrected chi connectivity index (χ4v) is 3.11. The Morgan fingerprint density at radius 2 is 1.89 bits per heavy atom. The lowest BCUT2D eigenvalue weighted by atomic mass is 10.1. The summed E-state index contributed by atoms with van der Waals surface area (Å²) in [6.07, 6.45) is 3.22. The average molecular weight is 393 g/mol. The third-order valence-corrected chi connectivity index (χ3v) is 4.85. The fraction of sp³-hybridized carbons (Fsp3) is 0.0952. The van der Waals surface area contributed by atoms with Crippen LogP contribution in [0.2, 0.25) is 5.02 Å². The van der Waals surface area contributed by atoms with Crippen molar-refractivity contribution in [3.63, 3.8) is 0 Å². The van der Waals surface area contributed by atoms with Crippen LogP contribution in [-0.2, 0) is 11.3 Å². The smallest absolute Gasteiger partial charge is 0.277 e. The largest absolute Gasteiger partial charge is 0.324 e. The number of halogens is 1. The molecule has 2 aromatic heterocycles. The van der Waals surface area contributed by atoms with Gasteiger partial charge in [0.1, 0.15) is 12.1 Å². The minimum atomic E-state index is -0.311. The lowest BCUT2D eigenvalue weighted by Gasteiger charge is -2.08. The highest BCUT2D eigenvalue weighted by Crippen LogP contribution is 2.20. The van der Waals surface area contributed by atoms with Gasteiger partial charge in [-0.3, -0.25) is 9.59 Å². The molecule has 0 aliphatic carbocycles. The molecule has 0 spiro atoms. The van der Waals surface area contributed by atoms with Crippen molar-refractivity contribution in [3.05, 3.63) is 87.9 Å². The summed E-state index contributed by atoms with van der Waals surface area (Å²) < 4.78 is 2.88. The molecule has 4 rings (SSSR count). The molecule has 0 saturated heterocycles. The number of aryl methyl sites for hydroxylation is 1. The predicted molar refractivity (Wildman–Crippen MR) is 110 cm³/mol. The first-order chi connectivity index (χ1) is 13.5. The maximum Gasteiger partial charge on any atom is 0.277 e. The summed E-state index contributed by atoms with van der Waals surface area (Å²) in [6, 6.07) is 16.6. The Morgan fingerprint density at radius 3 is 2.64 bits per heavy atom. The Bertz CT molecular complexity index is 1230. The maximum atomic E-state index is 12.8. The fourth-order valence-electron chi connectivity index (χ4n) is 2.93. The van der Waals surface area contributed by atoms with Crippen LogP contribution < -0.4 is 10.9 Å². The van der Waals surface area contributed by atoms with E-state index in [0.717, 1.165) is 11.1 Å². The molecule has 1 amide bonds. The van der Waals surface area contributed by atoms with Crippen LogP contribution in [-0.4, -0.2) is 20.1 Å². The van der Waals surface area contributed by atoms with Gasteiger partial charge in [0.15, 0.2) is 0 Å². The maximum absolute atomic E-state index is 12.8. The van der Waals surface area contributed by atoms with E-state index in [0.29, 0.717) is 21.9 Å². The van der Waals surface area contributed by atoms with Crippen molar-refractivity contribution in [2.45, 2.75) is 13.5 Å². The van der Waals surface area contributed by atoms with E-state index < -0.39 is 0 Å². The molecule has 0 atom stereocenters. The van der Waals surface area contributed by atoms with E-state index in [1.54, 1.807) is 30.6 Å². The van der Waals surface area contributed by atoms with Gasteiger partial charge in [0.2, 0.25) is 5.91 Å². The van der Waals surface area contributed by atoms with Gasteiger partial charge in [-0.05, 0) is 30.7 Å². The molecule has 6 nitrogen and oxygen atoms in total. The average Bonchev–Trinajstić information content (AvgIpc) is 3.13. The van der Waals surface area contributed by atoms with Crippen molar-refractivity contribution in [3.8, 4) is 11.3 Å². The number of rotatable bonds is 4. The van der Waals surface area contributed by atoms with E-state index in [1.165, 1.54) is 9.08 Å². The number of benzene rings is 2. The third-order valence-electron chi connectivity index (χ3n) is 4.44. The molecule has 4 aromatic rings. The molecule has 7 heteroatoms. The summed E-state index contributed by atoms with van der Waals surface area (Å²) in [6.45, 7) is 1.78. The number of anilines is 1. The summed E-state index contributed by atoms with van der Waals surface area (Å²) in [7, 11) is 0. The topological polar surface area (TPSA) is 68.4 Å². The van der Waals surface area contributed by atoms with Gasteiger partial charge in [0.25, 0.3) is 5.56 Å². The van der Waals surface area contributed by atoms with Crippen molar-refractivity contribution >= 4 is 28.7 Å². The zero-order chi connectivity index (χ0) is 19.7. The van der Waals surface area contributed by atoms with Crippen molar-refractivity contribution < 1.29 is 4.79 Å². The van der Waals surface area contributed by atoms with Crippen molar-refractivity contribution in [1.82, 2.24) is 14.2 Å². The zero-order valence-electron chi connectivity index (χ0n) is 15.1. The van der Waals surface area contributed by atoms with E-state index in [2.05, 4.69) is 10.4 Å². The first kappa shape index (κ1) is 18.0. The second kappa shape index (κ2) is 7.32. The van der Waals surface area contributed by atoms with Gasteiger partial charge >= 0.3 is 0 Å². The van der Waals surface area contributed by atoms with Crippen LogP contribution in [0, 0.1) is 6.92 Å². The summed E-state index contributed by atoms with van der Waals surface area (Å²) in [5.41, 5.74) is 3.27. The summed E-state index contributed by atoms with van der Waals surface area (Å²) in [5, 5.41) is 7.77. The van der Waals surface area contributed by atoms with Crippen LogP contribution in [0.3, 0.4) is 0 Å². The standard InChI is InChI=1S/C21H17ClN4O2/c1-14-7-8-16(11-17(14)22)23-20(27)13-25-9-10-26-19(21(25)28)12-18(24-26)15-5-3-2-4-6-15/h2-12H,13H2,1H3,(H,23,27). The van der Waals surface area contributed by atoms with Crippen molar-refractivity contribution in [1.29, 1.82) is 0 Å². The quantitative estimate of drug-likeness (QED) is 0.575. The Balaban J connectivity index is 1.58. The SMILES string of the molecule is Cc1ccc(NC(=O)Cn2ccn3nc(-c4ccccc4)cc3c2=O)cc1Cl. The molecule has 0 saturated carbocycles. The molecule has 2 aromatic carbocycles. The van der Waals surface area contributed by atoms with E-state index in [1.807, 2.05) is 43.3 Å². The molecule has 28 heavy (non-hydrogen) atoms. The number of amides is 1. The van der Waals surface area contributed by atoms with Crippen LogP contribution >= 0.6 is 11.6 Å². The van der Waals surface area contributed by atoms with Gasteiger partial charge in [-0.25, -0.2) is 4.52 Å². The molecule has 0 radical (unpaired) electrons. The third kappa shape index (κ3) is 3.54. The highest BCUT2D eigenvalue weighted by atomic mass is 35.5. The minimum absolute atomic E-state index is 0.104. The highest BCUT2D eigenvalue weighted by Gasteiger charge is 2.11. The minimum Gasteiger partial charge on any atom is -0.324 e. The number of carbonyl (C=O) groups excluding carboxylic acids is 1. The lowest BCUT2D eigenvalue weighted by molar-refractivity contribution is -0.116. The lowest BCUT2D eigenvalue weighted by Crippen LogP contribution is -2.28. The first-order valence-corrected chi connectivity index (χ1v) is 9.09. The van der Waals surface area contributed by atoms with Crippen molar-refractivity contribution in [2.75, 3.05) is 5.32 Å². The Labute approximate surface area is 166 Å². The van der Waals surface area contributed by atoms with Crippen LogP contribution in [0.15, 0.2) is 71.8 Å². The number of nitrogens with one attached hydrogen (secondary N) is 1. The number of nitrogens with zero attached hydrogens (tertiary/aromatic N) is 3. The molecule has 0 bridgehead atoms. The van der Waals surface area contributed by atoms with Gasteiger partial charge < -0.3 is 9.88 Å². The van der Waals surface area contributed by atoms with Gasteiger partial charge in [-0.1, -0.05) is 48.0 Å². The molecular weight excluding hydrogens is 376 g/mol. The summed E-state index contributed by atoms with van der Waals surface area (Å²) >= 11 is 6.08. The van der Waals surface area contributed by atoms with Gasteiger partial charge in [0.05, 0.1) is 5.69 Å². The van der Waals surface area contributed by atoms with Crippen molar-refractivity contribution in [2.24, 2.45) is 0 Å².